The van der Waals surface area contributed by atoms with E-state index in [-0.39, 0.29) is 18.2 Å². The number of nitrogens with one attached hydrogen (secondary N) is 1. The van der Waals surface area contributed by atoms with E-state index in [1.807, 2.05) is 0 Å². The molecule has 1 heterocycles. The number of amides is 1. The van der Waals surface area contributed by atoms with Crippen molar-refractivity contribution in [1.82, 2.24) is 15.5 Å². The molecule has 0 spiro atoms. The molecule has 0 fully saturated rings. The van der Waals surface area contributed by atoms with Gasteiger partial charge in [0.25, 0.3) is 5.91 Å². The molecule has 3 rings (SSSR count). The minimum absolute atomic E-state index is 0.0227. The van der Waals surface area contributed by atoms with Crippen molar-refractivity contribution in [2.75, 3.05) is 14.2 Å². The lowest BCUT2D eigenvalue weighted by atomic mass is 10.2. The van der Waals surface area contributed by atoms with E-state index in [1.165, 1.54) is 20.3 Å². The van der Waals surface area contributed by atoms with Crippen LogP contribution in [0.25, 0.3) is 0 Å². The summed E-state index contributed by atoms with van der Waals surface area (Å²) in [6, 6.07) is 13.4. The third-order valence-corrected chi connectivity index (χ3v) is 5.37. The molecular weight excluding hydrogens is 398 g/mol. The number of carbonyl (C=O) groups is 1. The Morgan fingerprint density at radius 2 is 1.76 bits per heavy atom. The van der Waals surface area contributed by atoms with E-state index in [9.17, 15) is 13.2 Å². The van der Waals surface area contributed by atoms with Crippen LogP contribution in [-0.4, -0.2) is 38.7 Å². The molecule has 1 amide bonds. The third-order valence-electron chi connectivity index (χ3n) is 3.96. The van der Waals surface area contributed by atoms with E-state index in [0.717, 1.165) is 0 Å². The summed E-state index contributed by atoms with van der Waals surface area (Å²) in [4.78, 5) is 12.3. The second kappa shape index (κ2) is 8.74. The molecule has 2 aromatic carbocycles. The molecule has 0 saturated heterocycles. The molecule has 0 aliphatic heterocycles. The fourth-order valence-corrected chi connectivity index (χ4v) is 3.67. The number of rotatable bonds is 8. The molecule has 3 aromatic rings. The molecule has 29 heavy (non-hydrogen) atoms. The molecule has 1 N–H and O–H groups in total. The summed E-state index contributed by atoms with van der Waals surface area (Å²) in [6.07, 6.45) is 0. The van der Waals surface area contributed by atoms with Crippen LogP contribution in [0, 0.1) is 0 Å². The summed E-state index contributed by atoms with van der Waals surface area (Å²) in [5, 5.41) is 9.39. The zero-order valence-corrected chi connectivity index (χ0v) is 16.6. The lowest BCUT2D eigenvalue weighted by molar-refractivity contribution is 0.0946. The number of aromatic nitrogens is 2. The molecule has 0 unspecified atom stereocenters. The number of ether oxygens (including phenoxy) is 2. The lowest BCUT2D eigenvalue weighted by Gasteiger charge is -2.09. The molecule has 0 atom stereocenters. The Morgan fingerprint density at radius 1 is 1.03 bits per heavy atom. The van der Waals surface area contributed by atoms with Gasteiger partial charge in [0.15, 0.2) is 11.5 Å². The van der Waals surface area contributed by atoms with Gasteiger partial charge in [-0.1, -0.05) is 35.4 Å². The second-order valence-corrected chi connectivity index (χ2v) is 7.83. The van der Waals surface area contributed by atoms with Gasteiger partial charge in [0.1, 0.15) is 0 Å². The zero-order chi connectivity index (χ0) is 20.9. The summed E-state index contributed by atoms with van der Waals surface area (Å²) in [6.45, 7) is -0.124. The van der Waals surface area contributed by atoms with Crippen LogP contribution >= 0.6 is 0 Å². The van der Waals surface area contributed by atoms with Crippen molar-refractivity contribution in [2.24, 2.45) is 0 Å². The summed E-state index contributed by atoms with van der Waals surface area (Å²) >= 11 is 0. The van der Waals surface area contributed by atoms with Crippen LogP contribution in [0.15, 0.2) is 58.2 Å². The van der Waals surface area contributed by atoms with Crippen molar-refractivity contribution in [1.29, 1.82) is 0 Å². The minimum atomic E-state index is -3.78. The molecule has 0 aliphatic carbocycles. The topological polar surface area (TPSA) is 121 Å². The van der Waals surface area contributed by atoms with Crippen molar-refractivity contribution < 1.29 is 27.1 Å². The van der Waals surface area contributed by atoms with E-state index in [0.29, 0.717) is 22.6 Å². The van der Waals surface area contributed by atoms with Gasteiger partial charge in [0, 0.05) is 5.56 Å². The van der Waals surface area contributed by atoms with Gasteiger partial charge < -0.3 is 19.2 Å². The van der Waals surface area contributed by atoms with Crippen molar-refractivity contribution in [3.05, 3.63) is 65.5 Å². The predicted molar refractivity (Wildman–Crippen MR) is 102 cm³/mol. The average molecular weight is 417 g/mol. The monoisotopic (exact) mass is 417 g/mol. The Labute approximate surface area is 167 Å². The van der Waals surface area contributed by atoms with E-state index in [1.54, 1.807) is 42.5 Å². The molecule has 0 saturated carbocycles. The summed E-state index contributed by atoms with van der Waals surface area (Å²) in [5.74, 6) is 0.206. The van der Waals surface area contributed by atoms with Crippen LogP contribution in [0.4, 0.5) is 0 Å². The Bertz CT molecular complexity index is 1100. The largest absolute Gasteiger partial charge is 0.493 e. The Morgan fingerprint density at radius 3 is 2.45 bits per heavy atom. The number of hydrogen-bond donors (Lipinski definition) is 1. The fourth-order valence-electron chi connectivity index (χ4n) is 2.53. The SMILES string of the molecule is COc1ccc(C(=O)NCc2nnc(S(=O)(=O)Cc3ccccc3)o2)cc1OC. The molecule has 0 aliphatic rings. The van der Waals surface area contributed by atoms with Gasteiger partial charge in [-0.2, -0.15) is 0 Å². The highest BCUT2D eigenvalue weighted by molar-refractivity contribution is 7.90. The molecular formula is C19H19N3O6S. The van der Waals surface area contributed by atoms with Crippen LogP contribution in [-0.2, 0) is 22.1 Å². The number of nitrogens with zero attached hydrogens (tertiary/aromatic N) is 2. The smallest absolute Gasteiger partial charge is 0.335 e. The molecule has 0 radical (unpaired) electrons. The quantitative estimate of drug-likeness (QED) is 0.591. The number of benzene rings is 2. The van der Waals surface area contributed by atoms with Crippen molar-refractivity contribution in [3.63, 3.8) is 0 Å². The van der Waals surface area contributed by atoms with Crippen molar-refractivity contribution in [3.8, 4) is 11.5 Å². The Hall–Kier alpha value is -3.40. The first kappa shape index (κ1) is 20.3. The van der Waals surface area contributed by atoms with Gasteiger partial charge in [-0.15, -0.1) is 5.10 Å². The van der Waals surface area contributed by atoms with Gasteiger partial charge in [0.05, 0.1) is 26.5 Å². The van der Waals surface area contributed by atoms with Gasteiger partial charge in [-0.05, 0) is 23.8 Å². The van der Waals surface area contributed by atoms with Gasteiger partial charge >= 0.3 is 5.22 Å². The zero-order valence-electron chi connectivity index (χ0n) is 15.8. The second-order valence-electron chi connectivity index (χ2n) is 5.96. The van der Waals surface area contributed by atoms with Crippen LogP contribution in [0.3, 0.4) is 0 Å². The molecule has 9 nitrogen and oxygen atoms in total. The molecule has 10 heteroatoms. The summed E-state index contributed by atoms with van der Waals surface area (Å²) < 4.78 is 40.3. The minimum Gasteiger partial charge on any atom is -0.493 e. The predicted octanol–water partition coefficient (Wildman–Crippen LogP) is 1.99. The Balaban J connectivity index is 1.65. The van der Waals surface area contributed by atoms with Gasteiger partial charge in [0.2, 0.25) is 15.7 Å². The molecule has 1 aromatic heterocycles. The molecule has 152 valence electrons. The maximum absolute atomic E-state index is 12.4. The first-order valence-electron chi connectivity index (χ1n) is 8.52. The number of carbonyl (C=O) groups excluding carboxylic acids is 1. The fraction of sp³-hybridized carbons (Fsp3) is 0.211. The summed E-state index contributed by atoms with van der Waals surface area (Å²) in [7, 11) is -0.819. The third kappa shape index (κ3) is 4.91. The van der Waals surface area contributed by atoms with Gasteiger partial charge in [-0.25, -0.2) is 8.42 Å². The first-order valence-corrected chi connectivity index (χ1v) is 10.2. The van der Waals surface area contributed by atoms with Gasteiger partial charge in [-0.3, -0.25) is 4.79 Å². The molecule has 0 bridgehead atoms. The van der Waals surface area contributed by atoms with E-state index < -0.39 is 21.0 Å². The van der Waals surface area contributed by atoms with E-state index >= 15 is 0 Å². The van der Waals surface area contributed by atoms with Crippen LogP contribution in [0.2, 0.25) is 0 Å². The number of methoxy groups -OCH3 is 2. The number of hydrogen-bond acceptors (Lipinski definition) is 8. The highest BCUT2D eigenvalue weighted by Gasteiger charge is 2.23. The first-order chi connectivity index (χ1) is 13.9. The van der Waals surface area contributed by atoms with Crippen LogP contribution < -0.4 is 14.8 Å². The van der Waals surface area contributed by atoms with E-state index in [2.05, 4.69) is 15.5 Å². The maximum atomic E-state index is 12.4. The normalized spacial score (nSPS) is 11.1. The standard InChI is InChI=1S/C19H19N3O6S/c1-26-15-9-8-14(10-16(15)27-2)18(23)20-11-17-21-22-19(28-17)29(24,25)12-13-6-4-3-5-7-13/h3-10H,11-12H2,1-2H3,(H,20,23). The van der Waals surface area contributed by atoms with Crippen LogP contribution in [0.1, 0.15) is 21.8 Å². The summed E-state index contributed by atoms with van der Waals surface area (Å²) in [5.41, 5.74) is 0.938. The Kier molecular flexibility index (Phi) is 6.13. The highest BCUT2D eigenvalue weighted by Crippen LogP contribution is 2.27. The van der Waals surface area contributed by atoms with Crippen LogP contribution in [0.5, 0.6) is 11.5 Å². The maximum Gasteiger partial charge on any atom is 0.335 e. The van der Waals surface area contributed by atoms with Crippen molar-refractivity contribution in [2.45, 2.75) is 17.5 Å². The highest BCUT2D eigenvalue weighted by atomic mass is 32.2. The van der Waals surface area contributed by atoms with Crippen molar-refractivity contribution >= 4 is 15.7 Å². The average Bonchev–Trinajstić information content (AvgIpc) is 3.22. The number of sulfone groups is 1. The van der Waals surface area contributed by atoms with E-state index in [4.69, 9.17) is 13.9 Å². The lowest BCUT2D eigenvalue weighted by Crippen LogP contribution is -2.23.